The fourth-order valence-electron chi connectivity index (χ4n) is 4.14. The lowest BCUT2D eigenvalue weighted by molar-refractivity contribution is -0.135. The highest BCUT2D eigenvalue weighted by Crippen LogP contribution is 2.29. The molecular formula is C21H29N3O3. The smallest absolute Gasteiger partial charge is 0.319 e. The molecule has 3 heterocycles. The van der Waals surface area contributed by atoms with E-state index in [1.165, 1.54) is 0 Å². The van der Waals surface area contributed by atoms with Crippen LogP contribution in [0.4, 0.5) is 4.79 Å². The minimum Gasteiger partial charge on any atom is -0.338 e. The summed E-state index contributed by atoms with van der Waals surface area (Å²) in [5, 5.41) is 0. The molecule has 0 aromatic heterocycles. The Balaban J connectivity index is 1.53. The maximum absolute atomic E-state index is 12.8. The molecule has 27 heavy (non-hydrogen) atoms. The highest BCUT2D eigenvalue weighted by molar-refractivity contribution is 5.96. The van der Waals surface area contributed by atoms with E-state index in [2.05, 4.69) is 0 Å². The number of urea groups is 1. The van der Waals surface area contributed by atoms with Crippen molar-refractivity contribution in [1.29, 1.82) is 0 Å². The molecule has 3 aliphatic heterocycles. The molecule has 1 aromatic carbocycles. The first-order valence-electron chi connectivity index (χ1n) is 9.79. The van der Waals surface area contributed by atoms with Crippen molar-refractivity contribution in [2.45, 2.75) is 38.1 Å². The van der Waals surface area contributed by atoms with Gasteiger partial charge in [0.2, 0.25) is 5.91 Å². The average molecular weight is 371 g/mol. The molecule has 3 fully saturated rings. The van der Waals surface area contributed by atoms with Crippen LogP contribution in [0.1, 0.15) is 42.5 Å². The monoisotopic (exact) mass is 371 g/mol. The van der Waals surface area contributed by atoms with Gasteiger partial charge < -0.3 is 14.7 Å². The molecule has 3 amide bonds. The normalized spacial score (nSPS) is 21.7. The van der Waals surface area contributed by atoms with E-state index >= 15 is 0 Å². The number of carbonyl (C=O) groups is 3. The zero-order valence-electron chi connectivity index (χ0n) is 16.3. The van der Waals surface area contributed by atoms with Gasteiger partial charge >= 0.3 is 6.03 Å². The average Bonchev–Trinajstić information content (AvgIpc) is 2.99. The molecule has 6 heteroatoms. The molecule has 0 radical (unpaired) electrons. The first-order valence-corrected chi connectivity index (χ1v) is 9.79. The number of rotatable bonds is 5. The molecule has 0 spiro atoms. The summed E-state index contributed by atoms with van der Waals surface area (Å²) in [7, 11) is 3.53. The van der Waals surface area contributed by atoms with Gasteiger partial charge in [-0.05, 0) is 25.2 Å². The number of nitrogens with zero attached hydrogens (tertiary/aromatic N) is 3. The molecule has 4 rings (SSSR count). The number of ketones is 1. The van der Waals surface area contributed by atoms with E-state index in [0.29, 0.717) is 37.3 Å². The fraction of sp³-hybridized carbons (Fsp3) is 0.571. The Morgan fingerprint density at radius 2 is 1.74 bits per heavy atom. The number of Topliss-reactive ketones (excluding diaryl/α,β-unsaturated/α-hetero) is 1. The van der Waals surface area contributed by atoms with Crippen LogP contribution < -0.4 is 0 Å². The second-order valence-electron chi connectivity index (χ2n) is 7.87. The van der Waals surface area contributed by atoms with Gasteiger partial charge in [0.1, 0.15) is 0 Å². The lowest BCUT2D eigenvalue weighted by Gasteiger charge is -2.36. The molecule has 0 aliphatic carbocycles. The van der Waals surface area contributed by atoms with Crippen molar-refractivity contribution in [3.05, 3.63) is 35.9 Å². The molecule has 0 saturated carbocycles. The number of carbonyl (C=O) groups excluding carboxylic acids is 3. The minimum absolute atomic E-state index is 0.0228. The summed E-state index contributed by atoms with van der Waals surface area (Å²) in [6, 6.07) is 9.35. The van der Waals surface area contributed by atoms with Gasteiger partial charge in [-0.1, -0.05) is 30.3 Å². The topological polar surface area (TPSA) is 60.9 Å². The molecule has 3 aliphatic rings. The van der Waals surface area contributed by atoms with Gasteiger partial charge in [-0.3, -0.25) is 9.59 Å². The van der Waals surface area contributed by atoms with E-state index in [1.54, 1.807) is 19.0 Å². The predicted molar refractivity (Wildman–Crippen MR) is 104 cm³/mol. The van der Waals surface area contributed by atoms with Crippen molar-refractivity contribution >= 4 is 17.7 Å². The Kier molecular flexibility index (Phi) is 6.14. The lowest BCUT2D eigenvalue weighted by atomic mass is 9.94. The van der Waals surface area contributed by atoms with E-state index in [1.807, 2.05) is 40.1 Å². The summed E-state index contributed by atoms with van der Waals surface area (Å²) < 4.78 is 0. The third kappa shape index (κ3) is 4.67. The van der Waals surface area contributed by atoms with Gasteiger partial charge in [-0.15, -0.1) is 0 Å². The lowest BCUT2D eigenvalue weighted by Crippen LogP contribution is -2.48. The van der Waals surface area contributed by atoms with Crippen molar-refractivity contribution in [2.24, 2.45) is 5.92 Å². The molecule has 6 nitrogen and oxygen atoms in total. The summed E-state index contributed by atoms with van der Waals surface area (Å²) >= 11 is 0. The van der Waals surface area contributed by atoms with Crippen molar-refractivity contribution in [1.82, 2.24) is 14.7 Å². The number of hydrogen-bond donors (Lipinski definition) is 0. The van der Waals surface area contributed by atoms with Crippen LogP contribution in [0.2, 0.25) is 0 Å². The number of benzene rings is 1. The van der Waals surface area contributed by atoms with Crippen molar-refractivity contribution in [3.8, 4) is 0 Å². The third-order valence-electron chi connectivity index (χ3n) is 5.58. The number of piperidine rings is 1. The Hall–Kier alpha value is -2.37. The minimum atomic E-state index is 0.0228. The third-order valence-corrected chi connectivity index (χ3v) is 5.58. The first kappa shape index (κ1) is 19.4. The maximum atomic E-state index is 12.8. The first-order chi connectivity index (χ1) is 13.0. The number of fused-ring (bicyclic) bond motifs is 4. The van der Waals surface area contributed by atoms with Crippen LogP contribution >= 0.6 is 0 Å². The second kappa shape index (κ2) is 8.55. The SMILES string of the molecule is CN(C)C(=O)N1C[C@@H]2CC[C@H](C1)N(C(=O)CCCC(=O)c1ccccc1)C2. The zero-order valence-corrected chi connectivity index (χ0v) is 16.3. The molecule has 2 bridgehead atoms. The summed E-state index contributed by atoms with van der Waals surface area (Å²) in [6.45, 7) is 2.07. The standard InChI is InChI=1S/C21H29N3O3/c1-22(2)21(27)23-13-16-11-12-18(15-23)24(14-16)20(26)10-6-9-19(25)17-7-4-3-5-8-17/h3-5,7-8,16,18H,6,9-15H2,1-2H3/t16-,18+/m0/s1. The Morgan fingerprint density at radius 3 is 2.44 bits per heavy atom. The largest absolute Gasteiger partial charge is 0.338 e. The van der Waals surface area contributed by atoms with E-state index in [4.69, 9.17) is 0 Å². The van der Waals surface area contributed by atoms with Gasteiger partial charge in [-0.25, -0.2) is 4.79 Å². The quantitative estimate of drug-likeness (QED) is 0.748. The summed E-state index contributed by atoms with van der Waals surface area (Å²) in [5.74, 6) is 0.552. The molecule has 3 saturated heterocycles. The zero-order chi connectivity index (χ0) is 19.4. The summed E-state index contributed by atoms with van der Waals surface area (Å²) in [4.78, 5) is 42.8. The van der Waals surface area contributed by atoms with Crippen LogP contribution in [0.5, 0.6) is 0 Å². The van der Waals surface area contributed by atoms with E-state index in [-0.39, 0.29) is 23.8 Å². The molecule has 0 N–H and O–H groups in total. The van der Waals surface area contributed by atoms with Crippen LogP contribution in [-0.4, -0.2) is 72.2 Å². The molecule has 146 valence electrons. The van der Waals surface area contributed by atoms with Crippen LogP contribution in [0, 0.1) is 5.92 Å². The number of amides is 3. The van der Waals surface area contributed by atoms with E-state index in [0.717, 1.165) is 25.9 Å². The molecule has 1 aromatic rings. The summed E-state index contributed by atoms with van der Waals surface area (Å²) in [5.41, 5.74) is 0.705. The Morgan fingerprint density at radius 1 is 1.00 bits per heavy atom. The van der Waals surface area contributed by atoms with E-state index < -0.39 is 0 Å². The maximum Gasteiger partial charge on any atom is 0.319 e. The second-order valence-corrected chi connectivity index (χ2v) is 7.87. The van der Waals surface area contributed by atoms with Gasteiger partial charge in [0.05, 0.1) is 0 Å². The van der Waals surface area contributed by atoms with Crippen molar-refractivity contribution in [3.63, 3.8) is 0 Å². The Labute approximate surface area is 161 Å². The van der Waals surface area contributed by atoms with Crippen LogP contribution in [0.15, 0.2) is 30.3 Å². The highest BCUT2D eigenvalue weighted by atomic mass is 16.2. The van der Waals surface area contributed by atoms with Crippen molar-refractivity contribution < 1.29 is 14.4 Å². The van der Waals surface area contributed by atoms with E-state index in [9.17, 15) is 14.4 Å². The number of hydrogen-bond acceptors (Lipinski definition) is 3. The molecule has 0 unspecified atom stereocenters. The summed E-state index contributed by atoms with van der Waals surface area (Å²) in [6.07, 6.45) is 3.38. The van der Waals surface area contributed by atoms with Crippen molar-refractivity contribution in [2.75, 3.05) is 33.7 Å². The van der Waals surface area contributed by atoms with Gasteiger partial charge in [0, 0.05) is 58.2 Å². The molecular weight excluding hydrogens is 342 g/mol. The predicted octanol–water partition coefficient (Wildman–Crippen LogP) is 2.64. The van der Waals surface area contributed by atoms with Crippen LogP contribution in [0.25, 0.3) is 0 Å². The van der Waals surface area contributed by atoms with Crippen LogP contribution in [-0.2, 0) is 4.79 Å². The van der Waals surface area contributed by atoms with Gasteiger partial charge in [0.25, 0.3) is 0 Å². The highest BCUT2D eigenvalue weighted by Gasteiger charge is 2.38. The molecule has 2 atom stereocenters. The fourth-order valence-corrected chi connectivity index (χ4v) is 4.14. The van der Waals surface area contributed by atoms with Gasteiger partial charge in [0.15, 0.2) is 5.78 Å². The Bertz CT molecular complexity index is 689. The van der Waals surface area contributed by atoms with Gasteiger partial charge in [-0.2, -0.15) is 0 Å². The van der Waals surface area contributed by atoms with Crippen LogP contribution in [0.3, 0.4) is 0 Å².